The van der Waals surface area contributed by atoms with Crippen LogP contribution in [-0.4, -0.2) is 19.3 Å². The monoisotopic (exact) mass is 806 g/mol. The predicted molar refractivity (Wildman–Crippen MR) is 220 cm³/mol. The Kier molecular flexibility index (Phi) is 13.2. The first kappa shape index (κ1) is 39.2. The molecule has 0 aliphatic rings. The van der Waals surface area contributed by atoms with Gasteiger partial charge in [-0.15, -0.1) is 35.7 Å². The van der Waals surface area contributed by atoms with Crippen molar-refractivity contribution in [3.05, 3.63) is 132 Å². The van der Waals surface area contributed by atoms with Crippen LogP contribution in [0.15, 0.2) is 97.2 Å². The Hall–Kier alpha value is -4.50. The number of fused-ring (bicyclic) bond motifs is 3. The number of rotatable bonds is 16. The van der Waals surface area contributed by atoms with Crippen molar-refractivity contribution in [2.75, 3.05) is 0 Å². The molecular formula is C48H52N4OPd. The van der Waals surface area contributed by atoms with Crippen LogP contribution in [0.1, 0.15) is 108 Å². The van der Waals surface area contributed by atoms with Crippen molar-refractivity contribution in [3.63, 3.8) is 0 Å². The minimum absolute atomic E-state index is 0. The average Bonchev–Trinajstić information content (AvgIpc) is 3.70. The molecule has 0 atom stereocenters. The first-order valence-corrected chi connectivity index (χ1v) is 19.8. The van der Waals surface area contributed by atoms with Gasteiger partial charge in [0.25, 0.3) is 0 Å². The van der Waals surface area contributed by atoms with Crippen LogP contribution in [0, 0.1) is 12.1 Å². The molecule has 7 rings (SSSR count). The molecule has 0 bridgehead atoms. The number of aryl methyl sites for hydroxylation is 2. The molecular weight excluding hydrogens is 755 g/mol. The first-order chi connectivity index (χ1) is 26.0. The normalized spacial score (nSPS) is 11.4. The molecule has 280 valence electrons. The fourth-order valence-corrected chi connectivity index (χ4v) is 7.53. The molecule has 0 N–H and O–H groups in total. The molecule has 4 aromatic carbocycles. The Labute approximate surface area is 335 Å². The summed E-state index contributed by atoms with van der Waals surface area (Å²) in [6, 6.07) is 39.4. The van der Waals surface area contributed by atoms with E-state index < -0.39 is 0 Å². The van der Waals surface area contributed by atoms with Gasteiger partial charge in [0.15, 0.2) is 0 Å². The van der Waals surface area contributed by atoms with Gasteiger partial charge in [-0.25, -0.2) is 4.98 Å². The summed E-state index contributed by atoms with van der Waals surface area (Å²) < 4.78 is 10.9. The smallest absolute Gasteiger partial charge is 0.509 e. The first-order valence-electron chi connectivity index (χ1n) is 19.8. The van der Waals surface area contributed by atoms with Gasteiger partial charge in [-0.05, 0) is 77.6 Å². The zero-order valence-corrected chi connectivity index (χ0v) is 34.0. The maximum atomic E-state index is 6.58. The molecule has 5 nitrogen and oxygen atoms in total. The summed E-state index contributed by atoms with van der Waals surface area (Å²) >= 11 is 0. The van der Waals surface area contributed by atoms with E-state index in [1.165, 1.54) is 53.6 Å². The minimum atomic E-state index is 0. The standard InChI is InChI=1S/C48H52N4O.Pd/c1-6-9-10-11-12-22-45-48(36-25-23-35(16-7-2)24-26-36)43(17-8-3)50-52(45)38-18-15-19-39(32-38)53-40-27-28-42-41-20-13-14-21-44(41)51(46(42)33-40)47-31-37(34(4)5)29-30-49-47;/h13-15,18-21,23-31,34H,6-12,16-17,22H2,1-5H3;/q-2;+2. The largest absolute Gasteiger partial charge is 2.00 e. The fourth-order valence-electron chi connectivity index (χ4n) is 7.53. The van der Waals surface area contributed by atoms with Gasteiger partial charge in [0, 0.05) is 34.5 Å². The van der Waals surface area contributed by atoms with Gasteiger partial charge in [0.05, 0.1) is 5.69 Å². The van der Waals surface area contributed by atoms with Crippen LogP contribution in [-0.2, 0) is 39.7 Å². The van der Waals surface area contributed by atoms with Crippen molar-refractivity contribution in [2.24, 2.45) is 0 Å². The van der Waals surface area contributed by atoms with Crippen LogP contribution in [0.3, 0.4) is 0 Å². The number of nitrogens with zero attached hydrogens (tertiary/aromatic N) is 4. The number of pyridine rings is 1. The Morgan fingerprint density at radius 2 is 1.48 bits per heavy atom. The van der Waals surface area contributed by atoms with E-state index in [1.807, 2.05) is 24.4 Å². The van der Waals surface area contributed by atoms with Crippen molar-refractivity contribution in [1.82, 2.24) is 19.3 Å². The summed E-state index contributed by atoms with van der Waals surface area (Å²) in [6.07, 6.45) is 13.2. The van der Waals surface area contributed by atoms with Crippen LogP contribution in [0.5, 0.6) is 11.5 Å². The molecule has 0 unspecified atom stereocenters. The summed E-state index contributed by atoms with van der Waals surface area (Å²) in [7, 11) is 0. The molecule has 0 fully saturated rings. The van der Waals surface area contributed by atoms with E-state index in [9.17, 15) is 0 Å². The minimum Gasteiger partial charge on any atom is -0.509 e. The van der Waals surface area contributed by atoms with Gasteiger partial charge in [-0.2, -0.15) is 17.2 Å². The third-order valence-electron chi connectivity index (χ3n) is 10.3. The van der Waals surface area contributed by atoms with Gasteiger partial charge in [0.1, 0.15) is 5.82 Å². The van der Waals surface area contributed by atoms with Crippen molar-refractivity contribution >= 4 is 21.8 Å². The molecule has 0 saturated carbocycles. The SMILES string of the molecule is CCCCCCCc1c(-c2ccc(CCC)cc2)c(CCC)nn1-c1[c-]c(Oc2[c-]c3c(cc2)c2ccccc2n3-c2cc(C(C)C)ccn2)ccc1.[Pd+2]. The molecule has 0 amide bonds. The quantitative estimate of drug-likeness (QED) is 0.0555. The summed E-state index contributed by atoms with van der Waals surface area (Å²) in [5.41, 5.74) is 10.5. The second kappa shape index (κ2) is 18.2. The number of para-hydroxylation sites is 1. The van der Waals surface area contributed by atoms with Gasteiger partial charge in [-0.1, -0.05) is 121 Å². The molecule has 3 heterocycles. The molecule has 0 spiro atoms. The van der Waals surface area contributed by atoms with Crippen LogP contribution < -0.4 is 4.74 Å². The third-order valence-corrected chi connectivity index (χ3v) is 10.3. The van der Waals surface area contributed by atoms with Crippen molar-refractivity contribution < 1.29 is 25.2 Å². The summed E-state index contributed by atoms with van der Waals surface area (Å²) in [6.45, 7) is 11.2. The molecule has 0 aliphatic heterocycles. The van der Waals surface area contributed by atoms with Gasteiger partial charge in [0.2, 0.25) is 0 Å². The van der Waals surface area contributed by atoms with E-state index in [0.717, 1.165) is 77.5 Å². The average molecular weight is 807 g/mol. The van der Waals surface area contributed by atoms with E-state index in [2.05, 4.69) is 129 Å². The Morgan fingerprint density at radius 1 is 0.704 bits per heavy atom. The molecule has 0 radical (unpaired) electrons. The van der Waals surface area contributed by atoms with Crippen molar-refractivity contribution in [2.45, 2.75) is 105 Å². The Balaban J connectivity index is 0.00000497. The maximum absolute atomic E-state index is 6.58. The molecule has 0 saturated heterocycles. The van der Waals surface area contributed by atoms with Crippen molar-refractivity contribution in [3.8, 4) is 34.1 Å². The topological polar surface area (TPSA) is 44.9 Å². The summed E-state index contributed by atoms with van der Waals surface area (Å²) in [5, 5.41) is 7.58. The van der Waals surface area contributed by atoms with Crippen LogP contribution >= 0.6 is 0 Å². The number of benzene rings is 4. The van der Waals surface area contributed by atoms with Gasteiger partial charge >= 0.3 is 20.4 Å². The van der Waals surface area contributed by atoms with Gasteiger partial charge in [-0.3, -0.25) is 4.68 Å². The number of ether oxygens (including phenoxy) is 1. The van der Waals surface area contributed by atoms with E-state index in [1.54, 1.807) is 0 Å². The van der Waals surface area contributed by atoms with E-state index in [0.29, 0.717) is 17.4 Å². The fraction of sp³-hybridized carbons (Fsp3) is 0.333. The number of hydrogen-bond acceptors (Lipinski definition) is 3. The van der Waals surface area contributed by atoms with Crippen molar-refractivity contribution in [1.29, 1.82) is 0 Å². The zero-order chi connectivity index (χ0) is 36.7. The van der Waals surface area contributed by atoms with E-state index in [-0.39, 0.29) is 20.4 Å². The predicted octanol–water partition coefficient (Wildman–Crippen LogP) is 13.0. The molecule has 54 heavy (non-hydrogen) atoms. The van der Waals surface area contributed by atoms with Crippen LogP contribution in [0.4, 0.5) is 0 Å². The zero-order valence-electron chi connectivity index (χ0n) is 32.4. The molecule has 6 heteroatoms. The molecule has 3 aromatic heterocycles. The summed E-state index contributed by atoms with van der Waals surface area (Å²) in [4.78, 5) is 4.81. The van der Waals surface area contributed by atoms with E-state index in [4.69, 9.17) is 14.8 Å². The summed E-state index contributed by atoms with van der Waals surface area (Å²) in [5.74, 6) is 2.54. The number of aromatic nitrogens is 4. The second-order valence-electron chi connectivity index (χ2n) is 14.6. The number of unbranched alkanes of at least 4 members (excludes halogenated alkanes) is 4. The third kappa shape index (κ3) is 8.41. The number of hydrogen-bond donors (Lipinski definition) is 0. The Bertz CT molecular complexity index is 2300. The van der Waals surface area contributed by atoms with Crippen LogP contribution in [0.25, 0.3) is 44.4 Å². The maximum Gasteiger partial charge on any atom is 2.00 e. The molecule has 7 aromatic rings. The van der Waals surface area contributed by atoms with E-state index >= 15 is 0 Å². The van der Waals surface area contributed by atoms with Gasteiger partial charge < -0.3 is 9.30 Å². The van der Waals surface area contributed by atoms with Crippen LogP contribution in [0.2, 0.25) is 0 Å². The Morgan fingerprint density at radius 3 is 2.26 bits per heavy atom. The molecule has 0 aliphatic carbocycles. The second-order valence-corrected chi connectivity index (χ2v) is 14.6.